The van der Waals surface area contributed by atoms with E-state index in [2.05, 4.69) is 13.2 Å². The molecule has 3 rings (SSSR count). The number of aromatic carboxylic acids is 1. The summed E-state index contributed by atoms with van der Waals surface area (Å²) in [5.41, 5.74) is -1.97. The van der Waals surface area contributed by atoms with Gasteiger partial charge in [0.15, 0.2) is 11.4 Å². The minimum atomic E-state index is -1.38. The number of ether oxygens (including phenoxy) is 2. The highest BCUT2D eigenvalue weighted by Gasteiger charge is 2.55. The Kier molecular flexibility index (Phi) is 4.45. The van der Waals surface area contributed by atoms with Crippen molar-refractivity contribution in [3.63, 3.8) is 0 Å². The smallest absolute Gasteiger partial charge is 0.341 e. The Morgan fingerprint density at radius 3 is 2.77 bits per heavy atom. The van der Waals surface area contributed by atoms with Gasteiger partial charge < -0.3 is 24.0 Å². The molecule has 3 heterocycles. The SMILES string of the molecule is C=CCN1C(=O)c2c(OC)c(=O)c(C(=O)O)cn2[C@H]2COC[C@]21CC=C. The molecule has 1 amide bonds. The van der Waals surface area contributed by atoms with Crippen LogP contribution in [0.4, 0.5) is 0 Å². The summed E-state index contributed by atoms with van der Waals surface area (Å²) in [6.07, 6.45) is 4.97. The molecule has 8 nitrogen and oxygen atoms in total. The van der Waals surface area contributed by atoms with Crippen molar-refractivity contribution in [2.75, 3.05) is 26.9 Å². The molecule has 2 aliphatic rings. The molecule has 0 aromatic carbocycles. The molecule has 0 saturated carbocycles. The highest BCUT2D eigenvalue weighted by atomic mass is 16.5. The molecule has 1 fully saturated rings. The van der Waals surface area contributed by atoms with Gasteiger partial charge in [0, 0.05) is 12.7 Å². The predicted octanol–water partition coefficient (Wildman–Crippen LogP) is 1.08. The average Bonchev–Trinajstić information content (AvgIpc) is 3.03. The second kappa shape index (κ2) is 6.45. The molecule has 26 heavy (non-hydrogen) atoms. The maximum Gasteiger partial charge on any atom is 0.341 e. The van der Waals surface area contributed by atoms with Crippen molar-refractivity contribution >= 4 is 11.9 Å². The summed E-state index contributed by atoms with van der Waals surface area (Å²) >= 11 is 0. The number of carboxylic acid groups (broad SMARTS) is 1. The first-order valence-electron chi connectivity index (χ1n) is 8.10. The van der Waals surface area contributed by atoms with Crippen LogP contribution in [0.25, 0.3) is 0 Å². The van der Waals surface area contributed by atoms with E-state index < -0.39 is 28.4 Å². The summed E-state index contributed by atoms with van der Waals surface area (Å²) in [7, 11) is 1.24. The van der Waals surface area contributed by atoms with Crippen LogP contribution >= 0.6 is 0 Å². The lowest BCUT2D eigenvalue weighted by atomic mass is 9.84. The van der Waals surface area contributed by atoms with Crippen LogP contribution in [0.15, 0.2) is 36.3 Å². The van der Waals surface area contributed by atoms with Crippen molar-refractivity contribution in [1.29, 1.82) is 0 Å². The summed E-state index contributed by atoms with van der Waals surface area (Å²) in [6, 6.07) is -0.374. The second-order valence-corrected chi connectivity index (χ2v) is 6.30. The van der Waals surface area contributed by atoms with Crippen LogP contribution in [0.5, 0.6) is 5.75 Å². The Bertz CT molecular complexity index is 858. The van der Waals surface area contributed by atoms with E-state index in [0.717, 1.165) is 0 Å². The van der Waals surface area contributed by atoms with Crippen LogP contribution < -0.4 is 10.2 Å². The number of methoxy groups -OCH3 is 1. The fourth-order valence-electron chi connectivity index (χ4n) is 3.88. The first-order chi connectivity index (χ1) is 12.4. The molecule has 2 aliphatic heterocycles. The number of carbonyl (C=O) groups is 2. The summed E-state index contributed by atoms with van der Waals surface area (Å²) in [5.74, 6) is -2.08. The molecule has 0 spiro atoms. The lowest BCUT2D eigenvalue weighted by Gasteiger charge is -2.48. The quantitative estimate of drug-likeness (QED) is 0.763. The van der Waals surface area contributed by atoms with Gasteiger partial charge in [-0.3, -0.25) is 9.59 Å². The van der Waals surface area contributed by atoms with Crippen molar-refractivity contribution in [2.45, 2.75) is 18.0 Å². The third-order valence-electron chi connectivity index (χ3n) is 5.01. The number of aromatic nitrogens is 1. The topological polar surface area (TPSA) is 98.1 Å². The van der Waals surface area contributed by atoms with Gasteiger partial charge in [0.25, 0.3) is 5.91 Å². The molecule has 2 atom stereocenters. The minimum Gasteiger partial charge on any atom is -0.491 e. The van der Waals surface area contributed by atoms with Crippen LogP contribution in [0.3, 0.4) is 0 Å². The molecule has 8 heteroatoms. The van der Waals surface area contributed by atoms with E-state index in [0.29, 0.717) is 6.42 Å². The zero-order chi connectivity index (χ0) is 19.1. The second-order valence-electron chi connectivity index (χ2n) is 6.30. The first-order valence-corrected chi connectivity index (χ1v) is 8.10. The third-order valence-corrected chi connectivity index (χ3v) is 5.01. The van der Waals surface area contributed by atoms with E-state index in [1.54, 1.807) is 17.1 Å². The van der Waals surface area contributed by atoms with Crippen LogP contribution in [0.1, 0.15) is 33.3 Å². The van der Waals surface area contributed by atoms with Gasteiger partial charge in [-0.15, -0.1) is 13.2 Å². The van der Waals surface area contributed by atoms with Crippen molar-refractivity contribution in [3.05, 3.63) is 53.0 Å². The number of hydrogen-bond donors (Lipinski definition) is 1. The van der Waals surface area contributed by atoms with Gasteiger partial charge in [-0.05, 0) is 6.42 Å². The van der Waals surface area contributed by atoms with Crippen molar-refractivity contribution in [1.82, 2.24) is 9.47 Å². The lowest BCUT2D eigenvalue weighted by molar-refractivity contribution is 0.0275. The highest BCUT2D eigenvalue weighted by Crippen LogP contribution is 2.44. The zero-order valence-electron chi connectivity index (χ0n) is 14.4. The predicted molar refractivity (Wildman–Crippen MR) is 92.8 cm³/mol. The van der Waals surface area contributed by atoms with Gasteiger partial charge in [-0.25, -0.2) is 4.79 Å². The number of hydrogen-bond acceptors (Lipinski definition) is 5. The largest absolute Gasteiger partial charge is 0.491 e. The standard InChI is InChI=1S/C18H20N2O6/c1-4-6-18-10-26-9-12(18)19-8-11(17(23)24)14(21)15(25-3)13(19)16(22)20(18)7-5-2/h4-5,8,12H,1-2,6-7,9-10H2,3H3,(H,23,24)/t12-,18+/m0/s1. The fraction of sp³-hybridized carbons (Fsp3) is 0.389. The molecular weight excluding hydrogens is 340 g/mol. The molecule has 0 unspecified atom stereocenters. The zero-order valence-corrected chi connectivity index (χ0v) is 14.4. The first kappa shape index (κ1) is 17.9. The summed E-state index contributed by atoms with van der Waals surface area (Å²) in [5, 5.41) is 9.37. The van der Waals surface area contributed by atoms with E-state index in [9.17, 15) is 19.5 Å². The Morgan fingerprint density at radius 1 is 1.46 bits per heavy atom. The van der Waals surface area contributed by atoms with Crippen LogP contribution in [-0.2, 0) is 4.74 Å². The Balaban J connectivity index is 2.35. The average molecular weight is 360 g/mol. The van der Waals surface area contributed by atoms with E-state index >= 15 is 0 Å². The Hall–Kier alpha value is -2.87. The van der Waals surface area contributed by atoms with Gasteiger partial charge >= 0.3 is 5.97 Å². The number of nitrogens with zero attached hydrogens (tertiary/aromatic N) is 2. The third kappa shape index (κ3) is 2.29. The summed E-state index contributed by atoms with van der Waals surface area (Å²) < 4.78 is 12.3. The van der Waals surface area contributed by atoms with Crippen molar-refractivity contribution < 1.29 is 24.2 Å². The van der Waals surface area contributed by atoms with E-state index in [1.807, 2.05) is 0 Å². The van der Waals surface area contributed by atoms with E-state index in [4.69, 9.17) is 9.47 Å². The van der Waals surface area contributed by atoms with Gasteiger partial charge in [-0.1, -0.05) is 12.2 Å². The molecule has 0 radical (unpaired) electrons. The molecule has 0 bridgehead atoms. The van der Waals surface area contributed by atoms with Crippen LogP contribution in [-0.4, -0.2) is 58.9 Å². The molecule has 1 saturated heterocycles. The monoisotopic (exact) mass is 360 g/mol. The van der Waals surface area contributed by atoms with Gasteiger partial charge in [-0.2, -0.15) is 0 Å². The van der Waals surface area contributed by atoms with E-state index in [1.165, 1.54) is 17.9 Å². The molecule has 1 aromatic rings. The van der Waals surface area contributed by atoms with Crippen molar-refractivity contribution in [2.24, 2.45) is 0 Å². The molecule has 138 valence electrons. The lowest BCUT2D eigenvalue weighted by Crippen LogP contribution is -2.61. The van der Waals surface area contributed by atoms with Gasteiger partial charge in [0.2, 0.25) is 5.43 Å². The molecular formula is C18H20N2O6. The van der Waals surface area contributed by atoms with Crippen molar-refractivity contribution in [3.8, 4) is 5.75 Å². The fourth-order valence-corrected chi connectivity index (χ4v) is 3.88. The summed E-state index contributed by atoms with van der Waals surface area (Å²) in [6.45, 7) is 8.29. The van der Waals surface area contributed by atoms with Crippen LogP contribution in [0, 0.1) is 0 Å². The molecule has 0 aliphatic carbocycles. The molecule has 1 aromatic heterocycles. The van der Waals surface area contributed by atoms with E-state index in [-0.39, 0.29) is 37.2 Å². The van der Waals surface area contributed by atoms with Gasteiger partial charge in [0.1, 0.15) is 5.56 Å². The number of rotatable bonds is 6. The molecule has 1 N–H and O–H groups in total. The van der Waals surface area contributed by atoms with Crippen LogP contribution in [0.2, 0.25) is 0 Å². The minimum absolute atomic E-state index is 0.0273. The number of carboxylic acids is 1. The number of pyridine rings is 1. The Labute approximate surface area is 149 Å². The van der Waals surface area contributed by atoms with Gasteiger partial charge in [0.05, 0.1) is 31.9 Å². The summed E-state index contributed by atoms with van der Waals surface area (Å²) in [4.78, 5) is 38.8. The number of carbonyl (C=O) groups excluding carboxylic acids is 1. The maximum atomic E-state index is 13.2. The normalized spacial score (nSPS) is 24.0. The highest BCUT2D eigenvalue weighted by molar-refractivity contribution is 5.98. The number of amides is 1. The number of fused-ring (bicyclic) bond motifs is 3. The maximum absolute atomic E-state index is 13.2. The Morgan fingerprint density at radius 2 is 2.19 bits per heavy atom.